The van der Waals surface area contributed by atoms with Gasteiger partial charge >= 0.3 is 6.18 Å². The topological polar surface area (TPSA) is 12.0 Å². The smallest absolute Gasteiger partial charge is 0.380 e. The predicted molar refractivity (Wildman–Crippen MR) is 77.9 cm³/mol. The third-order valence-corrected chi connectivity index (χ3v) is 4.00. The van der Waals surface area contributed by atoms with Crippen LogP contribution in [0.5, 0.6) is 0 Å². The maximum Gasteiger partial charge on any atom is 0.416 e. The number of hydrogen-bond acceptors (Lipinski definition) is 1. The molecule has 1 nitrogen and oxygen atoms in total. The monoisotopic (exact) mass is 381 g/mol. The molecule has 0 fully saturated rings. The summed E-state index contributed by atoms with van der Waals surface area (Å²) in [4.78, 5) is 0. The summed E-state index contributed by atoms with van der Waals surface area (Å²) in [5.41, 5.74) is 0.164. The zero-order valence-corrected chi connectivity index (χ0v) is 12.8. The van der Waals surface area contributed by atoms with Crippen LogP contribution in [0.4, 0.5) is 23.2 Å². The maximum absolute atomic E-state index is 13.3. The summed E-state index contributed by atoms with van der Waals surface area (Å²) in [5.74, 6) is -0.409. The molecule has 0 saturated carbocycles. The van der Waals surface area contributed by atoms with E-state index < -0.39 is 17.6 Å². The summed E-state index contributed by atoms with van der Waals surface area (Å²) in [6.07, 6.45) is -4.44. The van der Waals surface area contributed by atoms with E-state index in [0.29, 0.717) is 15.7 Å². The van der Waals surface area contributed by atoms with Crippen molar-refractivity contribution in [2.45, 2.75) is 12.7 Å². The standard InChI is InChI=1S/C14H9BrClF4N/c15-13-8(2-1-3-11(13)17)7-21-12-5-4-9(6-10(12)16)14(18,19)20/h1-6,21H,7H2. The molecule has 0 spiro atoms. The van der Waals surface area contributed by atoms with Crippen LogP contribution in [-0.4, -0.2) is 0 Å². The van der Waals surface area contributed by atoms with Crippen LogP contribution >= 0.6 is 27.5 Å². The van der Waals surface area contributed by atoms with Gasteiger partial charge in [-0.1, -0.05) is 23.7 Å². The normalized spacial score (nSPS) is 11.5. The summed E-state index contributed by atoms with van der Waals surface area (Å²) in [6, 6.07) is 7.58. The second-order valence-corrected chi connectivity index (χ2v) is 5.46. The Labute approximate surface area is 132 Å². The SMILES string of the molecule is Fc1cccc(CNc2ccc(C(F)(F)F)cc2Cl)c1Br. The quantitative estimate of drug-likeness (QED) is 0.654. The Morgan fingerprint density at radius 2 is 1.86 bits per heavy atom. The minimum Gasteiger partial charge on any atom is -0.380 e. The second-order valence-electron chi connectivity index (χ2n) is 4.26. The van der Waals surface area contributed by atoms with Crippen LogP contribution in [0.25, 0.3) is 0 Å². The number of hydrogen-bond donors (Lipinski definition) is 1. The van der Waals surface area contributed by atoms with Crippen molar-refractivity contribution in [3.05, 3.63) is 62.8 Å². The average Bonchev–Trinajstić information content (AvgIpc) is 2.40. The van der Waals surface area contributed by atoms with Crippen LogP contribution in [0.15, 0.2) is 40.9 Å². The highest BCUT2D eigenvalue weighted by Crippen LogP contribution is 2.34. The number of halogens is 6. The van der Waals surface area contributed by atoms with Crippen molar-refractivity contribution in [1.29, 1.82) is 0 Å². The highest BCUT2D eigenvalue weighted by atomic mass is 79.9. The average molecular weight is 383 g/mol. The van der Waals surface area contributed by atoms with Gasteiger partial charge in [0.2, 0.25) is 0 Å². The number of rotatable bonds is 3. The summed E-state index contributed by atoms with van der Waals surface area (Å²) in [7, 11) is 0. The molecule has 0 saturated heterocycles. The fourth-order valence-electron chi connectivity index (χ4n) is 1.71. The Bertz CT molecular complexity index is 658. The van der Waals surface area contributed by atoms with Gasteiger partial charge in [0.15, 0.2) is 0 Å². The molecule has 112 valence electrons. The molecular formula is C14H9BrClF4N. The highest BCUT2D eigenvalue weighted by Gasteiger charge is 2.30. The van der Waals surface area contributed by atoms with Gasteiger partial charge in [0.05, 0.1) is 20.7 Å². The van der Waals surface area contributed by atoms with Gasteiger partial charge in [0, 0.05) is 6.54 Å². The lowest BCUT2D eigenvalue weighted by atomic mass is 10.2. The van der Waals surface area contributed by atoms with Crippen molar-refractivity contribution in [2.24, 2.45) is 0 Å². The molecule has 2 aromatic rings. The highest BCUT2D eigenvalue weighted by molar-refractivity contribution is 9.10. The van der Waals surface area contributed by atoms with Gasteiger partial charge in [-0.15, -0.1) is 0 Å². The van der Waals surface area contributed by atoms with Gasteiger partial charge in [-0.2, -0.15) is 13.2 Å². The number of nitrogens with one attached hydrogen (secondary N) is 1. The Hall–Kier alpha value is -1.27. The maximum atomic E-state index is 13.3. The first-order valence-electron chi connectivity index (χ1n) is 5.82. The number of anilines is 1. The second kappa shape index (κ2) is 6.23. The Kier molecular flexibility index (Phi) is 4.78. The molecule has 0 atom stereocenters. The van der Waals surface area contributed by atoms with E-state index >= 15 is 0 Å². The number of benzene rings is 2. The van der Waals surface area contributed by atoms with E-state index in [0.717, 1.165) is 12.1 Å². The van der Waals surface area contributed by atoms with Crippen LogP contribution in [-0.2, 0) is 12.7 Å². The van der Waals surface area contributed by atoms with Crippen LogP contribution in [0.3, 0.4) is 0 Å². The fourth-order valence-corrected chi connectivity index (χ4v) is 2.36. The largest absolute Gasteiger partial charge is 0.416 e. The van der Waals surface area contributed by atoms with Crippen molar-refractivity contribution < 1.29 is 17.6 Å². The third kappa shape index (κ3) is 3.89. The minimum absolute atomic E-state index is 0.0441. The summed E-state index contributed by atoms with van der Waals surface area (Å²) in [5, 5.41) is 2.84. The zero-order chi connectivity index (χ0) is 15.6. The molecule has 0 amide bonds. The third-order valence-electron chi connectivity index (χ3n) is 2.80. The predicted octanol–water partition coefficient (Wildman–Crippen LogP) is 5.87. The van der Waals surface area contributed by atoms with Crippen LogP contribution in [0.1, 0.15) is 11.1 Å². The first-order chi connectivity index (χ1) is 9.79. The van der Waals surface area contributed by atoms with E-state index in [1.165, 1.54) is 12.1 Å². The van der Waals surface area contributed by atoms with Crippen LogP contribution in [0.2, 0.25) is 5.02 Å². The molecule has 2 rings (SSSR count). The molecule has 2 aromatic carbocycles. The first-order valence-corrected chi connectivity index (χ1v) is 6.99. The zero-order valence-electron chi connectivity index (χ0n) is 10.4. The van der Waals surface area contributed by atoms with Crippen molar-refractivity contribution in [3.8, 4) is 0 Å². The van der Waals surface area contributed by atoms with Gasteiger partial charge in [-0.3, -0.25) is 0 Å². The molecule has 0 unspecified atom stereocenters. The Morgan fingerprint density at radius 3 is 2.48 bits per heavy atom. The van der Waals surface area contributed by atoms with Gasteiger partial charge in [0.25, 0.3) is 0 Å². The summed E-state index contributed by atoms with van der Waals surface area (Å²) in [6.45, 7) is 0.226. The van der Waals surface area contributed by atoms with Crippen molar-refractivity contribution >= 4 is 33.2 Å². The molecule has 21 heavy (non-hydrogen) atoms. The Morgan fingerprint density at radius 1 is 1.14 bits per heavy atom. The van der Waals surface area contributed by atoms with Crippen LogP contribution < -0.4 is 5.32 Å². The van der Waals surface area contributed by atoms with E-state index in [1.807, 2.05) is 0 Å². The van der Waals surface area contributed by atoms with E-state index in [-0.39, 0.29) is 11.6 Å². The molecule has 0 aliphatic rings. The van der Waals surface area contributed by atoms with Gasteiger partial charge in [-0.25, -0.2) is 4.39 Å². The molecule has 0 aliphatic carbocycles. The van der Waals surface area contributed by atoms with Gasteiger partial charge < -0.3 is 5.32 Å². The number of alkyl halides is 3. The van der Waals surface area contributed by atoms with E-state index in [1.54, 1.807) is 12.1 Å². The lowest BCUT2D eigenvalue weighted by Crippen LogP contribution is -2.06. The van der Waals surface area contributed by atoms with E-state index in [4.69, 9.17) is 11.6 Å². The summed E-state index contributed by atoms with van der Waals surface area (Å²) >= 11 is 8.94. The molecule has 0 radical (unpaired) electrons. The first kappa shape index (κ1) is 16.1. The van der Waals surface area contributed by atoms with Crippen LogP contribution in [0, 0.1) is 5.82 Å². The van der Waals surface area contributed by atoms with E-state index in [9.17, 15) is 17.6 Å². The summed E-state index contributed by atoms with van der Waals surface area (Å²) < 4.78 is 51.2. The van der Waals surface area contributed by atoms with E-state index in [2.05, 4.69) is 21.2 Å². The molecule has 0 aliphatic heterocycles. The fraction of sp³-hybridized carbons (Fsp3) is 0.143. The van der Waals surface area contributed by atoms with Gasteiger partial charge in [0.1, 0.15) is 5.82 Å². The molecule has 0 bridgehead atoms. The molecule has 0 heterocycles. The van der Waals surface area contributed by atoms with Crippen molar-refractivity contribution in [2.75, 3.05) is 5.32 Å². The minimum atomic E-state index is -4.44. The molecule has 1 N–H and O–H groups in total. The van der Waals surface area contributed by atoms with Crippen molar-refractivity contribution in [3.63, 3.8) is 0 Å². The Balaban J connectivity index is 2.16. The van der Waals surface area contributed by atoms with Gasteiger partial charge in [-0.05, 0) is 45.8 Å². The molecule has 0 aromatic heterocycles. The molecular weight excluding hydrogens is 374 g/mol. The lowest BCUT2D eigenvalue weighted by Gasteiger charge is -2.12. The lowest BCUT2D eigenvalue weighted by molar-refractivity contribution is -0.137. The van der Waals surface area contributed by atoms with Crippen molar-refractivity contribution in [1.82, 2.24) is 0 Å². The molecule has 7 heteroatoms.